The molecule has 1 unspecified atom stereocenters. The second kappa shape index (κ2) is 7.79. The minimum Gasteiger partial charge on any atom is -0.491 e. The van der Waals surface area contributed by atoms with Gasteiger partial charge in [-0.05, 0) is 44.4 Å². The van der Waals surface area contributed by atoms with E-state index in [4.69, 9.17) is 10.5 Å². The number of hydrogen-bond donors (Lipinski definition) is 1. The van der Waals surface area contributed by atoms with Crippen LogP contribution in [0.5, 0.6) is 5.75 Å². The SMILES string of the molecule is COC(=O)CCC(N)Cc1cccc(OC(C)C)c1. The van der Waals surface area contributed by atoms with Gasteiger partial charge in [-0.2, -0.15) is 0 Å². The van der Waals surface area contributed by atoms with E-state index in [0.29, 0.717) is 12.8 Å². The van der Waals surface area contributed by atoms with Crippen LogP contribution in [-0.2, 0) is 16.0 Å². The van der Waals surface area contributed by atoms with E-state index < -0.39 is 0 Å². The highest BCUT2D eigenvalue weighted by atomic mass is 16.5. The van der Waals surface area contributed by atoms with Gasteiger partial charge in [0.1, 0.15) is 5.75 Å². The summed E-state index contributed by atoms with van der Waals surface area (Å²) in [4.78, 5) is 11.0. The topological polar surface area (TPSA) is 61.5 Å². The van der Waals surface area contributed by atoms with Crippen molar-refractivity contribution in [2.24, 2.45) is 5.73 Å². The molecule has 4 heteroatoms. The summed E-state index contributed by atoms with van der Waals surface area (Å²) in [7, 11) is 1.39. The first kappa shape index (κ1) is 15.5. The predicted octanol–water partition coefficient (Wildman–Crippen LogP) is 2.30. The lowest BCUT2D eigenvalue weighted by Crippen LogP contribution is -2.24. The van der Waals surface area contributed by atoms with E-state index in [2.05, 4.69) is 4.74 Å². The Morgan fingerprint density at radius 2 is 2.11 bits per heavy atom. The molecule has 4 nitrogen and oxygen atoms in total. The molecule has 1 aromatic carbocycles. The first-order valence-electron chi connectivity index (χ1n) is 6.59. The molecule has 0 bridgehead atoms. The van der Waals surface area contributed by atoms with Crippen LogP contribution in [0.15, 0.2) is 24.3 Å². The average Bonchev–Trinajstić information content (AvgIpc) is 2.35. The van der Waals surface area contributed by atoms with Crippen LogP contribution in [0, 0.1) is 0 Å². The monoisotopic (exact) mass is 265 g/mol. The fourth-order valence-electron chi connectivity index (χ4n) is 1.83. The molecule has 1 atom stereocenters. The van der Waals surface area contributed by atoms with Crippen molar-refractivity contribution in [3.8, 4) is 5.75 Å². The molecule has 0 spiro atoms. The molecule has 0 aliphatic carbocycles. The first-order chi connectivity index (χ1) is 9.01. The molecule has 1 rings (SSSR count). The van der Waals surface area contributed by atoms with Gasteiger partial charge in [0.25, 0.3) is 0 Å². The lowest BCUT2D eigenvalue weighted by atomic mass is 10.0. The fourth-order valence-corrected chi connectivity index (χ4v) is 1.83. The molecular formula is C15H23NO3. The Labute approximate surface area is 114 Å². The van der Waals surface area contributed by atoms with Crippen molar-refractivity contribution in [1.29, 1.82) is 0 Å². The summed E-state index contributed by atoms with van der Waals surface area (Å²) >= 11 is 0. The van der Waals surface area contributed by atoms with Gasteiger partial charge in [-0.3, -0.25) is 4.79 Å². The predicted molar refractivity (Wildman–Crippen MR) is 75.1 cm³/mol. The van der Waals surface area contributed by atoms with Crippen LogP contribution >= 0.6 is 0 Å². The Kier molecular flexibility index (Phi) is 6.36. The van der Waals surface area contributed by atoms with Gasteiger partial charge in [0.05, 0.1) is 13.2 Å². The van der Waals surface area contributed by atoms with Crippen molar-refractivity contribution >= 4 is 5.97 Å². The minimum atomic E-state index is -0.215. The number of carbonyl (C=O) groups is 1. The van der Waals surface area contributed by atoms with Crippen LogP contribution in [0.3, 0.4) is 0 Å². The Bertz CT molecular complexity index is 404. The molecule has 0 heterocycles. The second-order valence-electron chi connectivity index (χ2n) is 4.89. The van der Waals surface area contributed by atoms with Crippen molar-refractivity contribution in [1.82, 2.24) is 0 Å². The molecule has 0 aromatic heterocycles. The van der Waals surface area contributed by atoms with Crippen LogP contribution in [0.1, 0.15) is 32.3 Å². The maximum atomic E-state index is 11.0. The molecule has 0 radical (unpaired) electrons. The summed E-state index contributed by atoms with van der Waals surface area (Å²) in [6.07, 6.45) is 1.87. The maximum absolute atomic E-state index is 11.0. The van der Waals surface area contributed by atoms with E-state index in [0.717, 1.165) is 17.7 Å². The van der Waals surface area contributed by atoms with Crippen LogP contribution in [0.4, 0.5) is 0 Å². The van der Waals surface area contributed by atoms with E-state index in [1.165, 1.54) is 7.11 Å². The highest BCUT2D eigenvalue weighted by molar-refractivity contribution is 5.69. The normalized spacial score (nSPS) is 12.3. The fraction of sp³-hybridized carbons (Fsp3) is 0.533. The first-order valence-corrected chi connectivity index (χ1v) is 6.59. The van der Waals surface area contributed by atoms with Gasteiger partial charge in [-0.25, -0.2) is 0 Å². The molecule has 0 fully saturated rings. The van der Waals surface area contributed by atoms with Gasteiger partial charge in [-0.15, -0.1) is 0 Å². The Balaban J connectivity index is 2.49. The molecule has 106 valence electrons. The summed E-state index contributed by atoms with van der Waals surface area (Å²) in [5.74, 6) is 0.639. The van der Waals surface area contributed by atoms with Crippen LogP contribution in [0.2, 0.25) is 0 Å². The zero-order valence-corrected chi connectivity index (χ0v) is 11.9. The van der Waals surface area contributed by atoms with E-state index in [1.54, 1.807) is 0 Å². The Morgan fingerprint density at radius 1 is 1.37 bits per heavy atom. The summed E-state index contributed by atoms with van der Waals surface area (Å²) < 4.78 is 10.2. The lowest BCUT2D eigenvalue weighted by molar-refractivity contribution is -0.140. The minimum absolute atomic E-state index is 0.0478. The van der Waals surface area contributed by atoms with Crippen LogP contribution < -0.4 is 10.5 Å². The van der Waals surface area contributed by atoms with Crippen molar-refractivity contribution in [3.05, 3.63) is 29.8 Å². The van der Waals surface area contributed by atoms with Gasteiger partial charge in [0, 0.05) is 12.5 Å². The third-order valence-corrected chi connectivity index (χ3v) is 2.72. The smallest absolute Gasteiger partial charge is 0.305 e. The zero-order valence-electron chi connectivity index (χ0n) is 11.9. The molecule has 1 aromatic rings. The number of nitrogens with two attached hydrogens (primary N) is 1. The standard InChI is InChI=1S/C15H23NO3/c1-11(2)19-14-6-4-5-12(10-14)9-13(16)7-8-15(17)18-3/h4-6,10-11,13H,7-9,16H2,1-3H3. The van der Waals surface area contributed by atoms with Crippen LogP contribution in [-0.4, -0.2) is 25.2 Å². The molecule has 2 N–H and O–H groups in total. The van der Waals surface area contributed by atoms with Gasteiger partial charge in [-0.1, -0.05) is 12.1 Å². The Hall–Kier alpha value is -1.55. The van der Waals surface area contributed by atoms with Gasteiger partial charge >= 0.3 is 5.97 Å². The van der Waals surface area contributed by atoms with E-state index in [1.807, 2.05) is 38.1 Å². The second-order valence-corrected chi connectivity index (χ2v) is 4.89. The van der Waals surface area contributed by atoms with Crippen molar-refractivity contribution in [2.75, 3.05) is 7.11 Å². The number of esters is 1. The molecule has 0 aliphatic heterocycles. The number of rotatable bonds is 7. The lowest BCUT2D eigenvalue weighted by Gasteiger charge is -2.13. The summed E-state index contributed by atoms with van der Waals surface area (Å²) in [5, 5.41) is 0. The quantitative estimate of drug-likeness (QED) is 0.768. The van der Waals surface area contributed by atoms with Gasteiger partial charge < -0.3 is 15.2 Å². The molecule has 0 saturated heterocycles. The van der Waals surface area contributed by atoms with Gasteiger partial charge in [0.15, 0.2) is 0 Å². The Morgan fingerprint density at radius 3 is 2.74 bits per heavy atom. The van der Waals surface area contributed by atoms with Crippen molar-refractivity contribution < 1.29 is 14.3 Å². The zero-order chi connectivity index (χ0) is 14.3. The summed E-state index contributed by atoms with van der Waals surface area (Å²) in [5.41, 5.74) is 7.13. The van der Waals surface area contributed by atoms with Crippen LogP contribution in [0.25, 0.3) is 0 Å². The molecule has 19 heavy (non-hydrogen) atoms. The summed E-state index contributed by atoms with van der Waals surface area (Å²) in [6.45, 7) is 3.99. The average molecular weight is 265 g/mol. The molecule has 0 aliphatic rings. The largest absolute Gasteiger partial charge is 0.491 e. The van der Waals surface area contributed by atoms with E-state index >= 15 is 0 Å². The van der Waals surface area contributed by atoms with Gasteiger partial charge in [0.2, 0.25) is 0 Å². The number of benzene rings is 1. The maximum Gasteiger partial charge on any atom is 0.305 e. The van der Waals surface area contributed by atoms with Crippen molar-refractivity contribution in [3.63, 3.8) is 0 Å². The molecular weight excluding hydrogens is 242 g/mol. The third kappa shape index (κ3) is 6.25. The van der Waals surface area contributed by atoms with E-state index in [9.17, 15) is 4.79 Å². The van der Waals surface area contributed by atoms with Crippen molar-refractivity contribution in [2.45, 2.75) is 45.3 Å². The summed E-state index contributed by atoms with van der Waals surface area (Å²) in [6, 6.07) is 7.86. The number of methoxy groups -OCH3 is 1. The van der Waals surface area contributed by atoms with E-state index in [-0.39, 0.29) is 18.1 Å². The number of ether oxygens (including phenoxy) is 2. The molecule has 0 amide bonds. The molecule has 0 saturated carbocycles. The number of hydrogen-bond acceptors (Lipinski definition) is 4. The third-order valence-electron chi connectivity index (χ3n) is 2.72. The highest BCUT2D eigenvalue weighted by Crippen LogP contribution is 2.16. The number of carbonyl (C=O) groups excluding carboxylic acids is 1. The highest BCUT2D eigenvalue weighted by Gasteiger charge is 2.09.